The molecule has 4 rings (SSSR count). The number of benzene rings is 3. The summed E-state index contributed by atoms with van der Waals surface area (Å²) in [7, 11) is 0. The first-order valence-electron chi connectivity index (χ1n) is 9.32. The molecule has 0 spiro atoms. The lowest BCUT2D eigenvalue weighted by molar-refractivity contribution is 0.159. The smallest absolute Gasteiger partial charge is 0.323 e. The van der Waals surface area contributed by atoms with Crippen molar-refractivity contribution in [1.29, 1.82) is 0 Å². The predicted octanol–water partition coefficient (Wildman–Crippen LogP) is 5.50. The summed E-state index contributed by atoms with van der Waals surface area (Å²) in [6.45, 7) is 0. The predicted molar refractivity (Wildman–Crippen MR) is 114 cm³/mol. The number of aryl methyl sites for hydroxylation is 1. The summed E-state index contributed by atoms with van der Waals surface area (Å²) in [5.74, 6) is 0. The highest BCUT2D eigenvalue weighted by Crippen LogP contribution is 2.30. The van der Waals surface area contributed by atoms with Crippen molar-refractivity contribution in [1.82, 2.24) is 0 Å². The highest BCUT2D eigenvalue weighted by Gasteiger charge is 2.20. The van der Waals surface area contributed by atoms with E-state index in [2.05, 4.69) is 16.7 Å². The molecule has 0 saturated carbocycles. The Morgan fingerprint density at radius 1 is 1.00 bits per heavy atom. The van der Waals surface area contributed by atoms with Crippen LogP contribution in [-0.4, -0.2) is 17.2 Å². The van der Waals surface area contributed by atoms with E-state index in [-0.39, 0.29) is 12.1 Å². The summed E-state index contributed by atoms with van der Waals surface area (Å²) in [5.41, 5.74) is 5.48. The third-order valence-electron chi connectivity index (χ3n) is 5.01. The number of rotatable bonds is 3. The zero-order valence-electron chi connectivity index (χ0n) is 15.3. The molecule has 0 heterocycles. The Morgan fingerprint density at radius 2 is 1.82 bits per heavy atom. The molecule has 28 heavy (non-hydrogen) atoms. The highest BCUT2D eigenvalue weighted by molar-refractivity contribution is 6.33. The third kappa shape index (κ3) is 4.03. The lowest BCUT2D eigenvalue weighted by atomic mass is 9.88. The second-order valence-electron chi connectivity index (χ2n) is 6.98. The van der Waals surface area contributed by atoms with Crippen LogP contribution in [0.3, 0.4) is 0 Å². The molecule has 3 N–H and O–H groups in total. The SMILES string of the molecule is O=C(Nc1cccc(-c2ccccc2Cl)c1)Nc1cccc2c1CC(O)CC2. The number of aliphatic hydroxyl groups excluding tert-OH is 1. The Bertz CT molecular complexity index is 1020. The van der Waals surface area contributed by atoms with Crippen molar-refractivity contribution in [3.05, 3.63) is 82.9 Å². The van der Waals surface area contributed by atoms with Crippen molar-refractivity contribution in [2.24, 2.45) is 0 Å². The normalized spacial score (nSPS) is 15.6. The zero-order valence-corrected chi connectivity index (χ0v) is 16.0. The fourth-order valence-corrected chi connectivity index (χ4v) is 3.88. The monoisotopic (exact) mass is 392 g/mol. The number of hydrogen-bond donors (Lipinski definition) is 3. The van der Waals surface area contributed by atoms with E-state index in [4.69, 9.17) is 11.6 Å². The molecule has 4 nitrogen and oxygen atoms in total. The van der Waals surface area contributed by atoms with Crippen molar-refractivity contribution in [3.8, 4) is 11.1 Å². The first-order valence-corrected chi connectivity index (χ1v) is 9.70. The Balaban J connectivity index is 1.51. The number of halogens is 1. The molecule has 3 aromatic carbocycles. The molecular weight excluding hydrogens is 372 g/mol. The van der Waals surface area contributed by atoms with Gasteiger partial charge < -0.3 is 15.7 Å². The van der Waals surface area contributed by atoms with Crippen LogP contribution in [0, 0.1) is 0 Å². The minimum atomic E-state index is -0.356. The lowest BCUT2D eigenvalue weighted by Crippen LogP contribution is -2.24. The number of anilines is 2. The van der Waals surface area contributed by atoms with Gasteiger partial charge in [-0.1, -0.05) is 54.1 Å². The molecule has 0 aliphatic heterocycles. The van der Waals surface area contributed by atoms with Gasteiger partial charge in [-0.15, -0.1) is 0 Å². The minimum absolute atomic E-state index is 0.315. The van der Waals surface area contributed by atoms with Crippen LogP contribution >= 0.6 is 11.6 Å². The quantitative estimate of drug-likeness (QED) is 0.551. The Labute approximate surface area is 169 Å². The van der Waals surface area contributed by atoms with Crippen LogP contribution in [0.4, 0.5) is 16.2 Å². The number of carbonyl (C=O) groups excluding carboxylic acids is 1. The van der Waals surface area contributed by atoms with E-state index < -0.39 is 0 Å². The molecule has 1 atom stereocenters. The van der Waals surface area contributed by atoms with Crippen molar-refractivity contribution in [2.45, 2.75) is 25.4 Å². The number of carbonyl (C=O) groups is 1. The van der Waals surface area contributed by atoms with Gasteiger partial charge in [0.15, 0.2) is 0 Å². The Morgan fingerprint density at radius 3 is 2.68 bits per heavy atom. The molecule has 3 aromatic rings. The van der Waals surface area contributed by atoms with Gasteiger partial charge in [0.25, 0.3) is 0 Å². The number of aliphatic hydroxyl groups is 1. The molecule has 2 amide bonds. The number of urea groups is 1. The summed E-state index contributed by atoms with van der Waals surface area (Å²) in [5, 5.41) is 16.4. The molecule has 0 fully saturated rings. The van der Waals surface area contributed by atoms with Gasteiger partial charge in [-0.2, -0.15) is 0 Å². The van der Waals surface area contributed by atoms with Crippen LogP contribution in [0.5, 0.6) is 0 Å². The molecule has 0 radical (unpaired) electrons. The number of fused-ring (bicyclic) bond motifs is 1. The summed E-state index contributed by atoms with van der Waals surface area (Å²) in [4.78, 5) is 12.6. The lowest BCUT2D eigenvalue weighted by Gasteiger charge is -2.23. The van der Waals surface area contributed by atoms with Gasteiger partial charge in [0, 0.05) is 28.4 Å². The van der Waals surface area contributed by atoms with Crippen molar-refractivity contribution in [2.75, 3.05) is 10.6 Å². The number of nitrogens with one attached hydrogen (secondary N) is 2. The standard InChI is InChI=1S/C23H21ClN2O2/c24-21-9-2-1-8-19(21)16-6-3-7-17(13-16)25-23(28)26-22-10-4-5-15-11-12-18(27)14-20(15)22/h1-10,13,18,27H,11-12,14H2,(H2,25,26,28). The van der Waals surface area contributed by atoms with E-state index in [9.17, 15) is 9.90 Å². The van der Waals surface area contributed by atoms with Crippen molar-refractivity contribution < 1.29 is 9.90 Å². The fraction of sp³-hybridized carbons (Fsp3) is 0.174. The second kappa shape index (κ2) is 8.05. The second-order valence-corrected chi connectivity index (χ2v) is 7.39. The van der Waals surface area contributed by atoms with E-state index in [1.165, 1.54) is 5.56 Å². The Kier molecular flexibility index (Phi) is 5.33. The molecule has 1 aliphatic carbocycles. The highest BCUT2D eigenvalue weighted by atomic mass is 35.5. The van der Waals surface area contributed by atoms with Gasteiger partial charge in [0.05, 0.1) is 6.10 Å². The van der Waals surface area contributed by atoms with E-state index in [0.29, 0.717) is 17.1 Å². The van der Waals surface area contributed by atoms with Gasteiger partial charge in [-0.25, -0.2) is 4.79 Å². The number of hydrogen-bond acceptors (Lipinski definition) is 2. The maximum absolute atomic E-state index is 12.6. The van der Waals surface area contributed by atoms with E-state index in [1.54, 1.807) is 0 Å². The van der Waals surface area contributed by atoms with Gasteiger partial charge in [0.1, 0.15) is 0 Å². The summed E-state index contributed by atoms with van der Waals surface area (Å²) < 4.78 is 0. The molecule has 1 aliphatic rings. The van der Waals surface area contributed by atoms with Crippen LogP contribution < -0.4 is 10.6 Å². The molecule has 142 valence electrons. The zero-order chi connectivity index (χ0) is 19.5. The van der Waals surface area contributed by atoms with E-state index in [1.807, 2.05) is 60.7 Å². The largest absolute Gasteiger partial charge is 0.393 e. The van der Waals surface area contributed by atoms with Gasteiger partial charge in [0.2, 0.25) is 0 Å². The maximum atomic E-state index is 12.6. The van der Waals surface area contributed by atoms with E-state index in [0.717, 1.165) is 35.2 Å². The molecule has 0 bridgehead atoms. The summed E-state index contributed by atoms with van der Waals surface area (Å²) >= 11 is 6.28. The van der Waals surface area contributed by atoms with Crippen LogP contribution in [0.25, 0.3) is 11.1 Å². The molecule has 1 unspecified atom stereocenters. The third-order valence-corrected chi connectivity index (χ3v) is 5.34. The first-order chi connectivity index (χ1) is 13.6. The fourth-order valence-electron chi connectivity index (χ4n) is 3.63. The average Bonchev–Trinajstić information content (AvgIpc) is 2.69. The summed E-state index contributed by atoms with van der Waals surface area (Å²) in [6.07, 6.45) is 1.80. The van der Waals surface area contributed by atoms with E-state index >= 15 is 0 Å². The molecule has 0 saturated heterocycles. The molecule has 0 aromatic heterocycles. The van der Waals surface area contributed by atoms with Crippen LogP contribution in [0.15, 0.2) is 66.7 Å². The van der Waals surface area contributed by atoms with Crippen molar-refractivity contribution in [3.63, 3.8) is 0 Å². The molecular formula is C23H21ClN2O2. The first kappa shape index (κ1) is 18.5. The van der Waals surface area contributed by atoms with Gasteiger partial charge >= 0.3 is 6.03 Å². The number of amides is 2. The van der Waals surface area contributed by atoms with Crippen LogP contribution in [0.2, 0.25) is 5.02 Å². The average molecular weight is 393 g/mol. The van der Waals surface area contributed by atoms with Gasteiger partial charge in [-0.3, -0.25) is 0 Å². The van der Waals surface area contributed by atoms with Crippen molar-refractivity contribution >= 4 is 29.0 Å². The summed E-state index contributed by atoms with van der Waals surface area (Å²) in [6, 6.07) is 20.7. The Hall–Kier alpha value is -2.82. The topological polar surface area (TPSA) is 61.4 Å². The van der Waals surface area contributed by atoms with Crippen LogP contribution in [-0.2, 0) is 12.8 Å². The maximum Gasteiger partial charge on any atom is 0.323 e. The molecule has 5 heteroatoms. The van der Waals surface area contributed by atoms with Gasteiger partial charge in [-0.05, 0) is 53.8 Å². The van der Waals surface area contributed by atoms with Crippen LogP contribution in [0.1, 0.15) is 17.5 Å². The minimum Gasteiger partial charge on any atom is -0.393 e.